The highest BCUT2D eigenvalue weighted by molar-refractivity contribution is 5.68. The summed E-state index contributed by atoms with van der Waals surface area (Å²) in [5.41, 5.74) is 1.09. The number of allylic oxidation sites excluding steroid dienone is 3. The van der Waals surface area contributed by atoms with Gasteiger partial charge in [0, 0.05) is 17.6 Å². The van der Waals surface area contributed by atoms with Crippen molar-refractivity contribution in [2.75, 3.05) is 18.1 Å². The molecule has 1 saturated heterocycles. The van der Waals surface area contributed by atoms with Crippen LogP contribution in [0.15, 0.2) is 47.6 Å². The van der Waals surface area contributed by atoms with E-state index in [-0.39, 0.29) is 16.6 Å². The van der Waals surface area contributed by atoms with E-state index in [1.54, 1.807) is 12.1 Å². The fraction of sp³-hybridized carbons (Fsp3) is 0.316. The number of rotatable bonds is 2. The monoisotopic (exact) mass is 316 g/mol. The van der Waals surface area contributed by atoms with E-state index in [1.165, 1.54) is 11.6 Å². The lowest BCUT2D eigenvalue weighted by Crippen LogP contribution is -2.51. The second kappa shape index (κ2) is 5.53. The molecule has 118 valence electrons. The molecule has 0 aliphatic carbocycles. The first-order valence-electron chi connectivity index (χ1n) is 7.67. The molecule has 2 aliphatic heterocycles. The predicted molar refractivity (Wildman–Crippen MR) is 88.5 cm³/mol. The van der Waals surface area contributed by atoms with Gasteiger partial charge in [-0.2, -0.15) is 15.8 Å². The van der Waals surface area contributed by atoms with E-state index in [0.717, 1.165) is 12.2 Å². The average molecular weight is 316 g/mol. The topological polar surface area (TPSA) is 83.8 Å². The van der Waals surface area contributed by atoms with Gasteiger partial charge < -0.3 is 9.64 Å². The molecule has 2 heterocycles. The lowest BCUT2D eigenvalue weighted by molar-refractivity contribution is -0.000323. The van der Waals surface area contributed by atoms with Gasteiger partial charge in [0.25, 0.3) is 0 Å². The van der Waals surface area contributed by atoms with E-state index < -0.39 is 5.72 Å². The van der Waals surface area contributed by atoms with Crippen molar-refractivity contribution in [1.29, 1.82) is 15.8 Å². The first-order chi connectivity index (χ1) is 11.5. The molecule has 1 aromatic rings. The van der Waals surface area contributed by atoms with Crippen LogP contribution >= 0.6 is 0 Å². The van der Waals surface area contributed by atoms with Crippen molar-refractivity contribution < 1.29 is 4.74 Å². The Labute approximate surface area is 141 Å². The number of hydrogen-bond acceptors (Lipinski definition) is 5. The molecule has 0 radical (unpaired) electrons. The largest absolute Gasteiger partial charge is 0.349 e. The van der Waals surface area contributed by atoms with Crippen LogP contribution in [0.2, 0.25) is 0 Å². The van der Waals surface area contributed by atoms with Crippen LogP contribution in [0.3, 0.4) is 0 Å². The highest BCUT2D eigenvalue weighted by Gasteiger charge is 2.58. The molecular formula is C19H16N4O. The summed E-state index contributed by atoms with van der Waals surface area (Å²) >= 11 is 0. The van der Waals surface area contributed by atoms with E-state index in [9.17, 15) is 5.26 Å². The molecule has 1 unspecified atom stereocenters. The molecule has 24 heavy (non-hydrogen) atoms. The van der Waals surface area contributed by atoms with Gasteiger partial charge >= 0.3 is 0 Å². The maximum Gasteiger partial charge on any atom is 0.170 e. The molecule has 1 aromatic carbocycles. The predicted octanol–water partition coefficient (Wildman–Crippen LogP) is 2.93. The third-order valence-corrected chi connectivity index (χ3v) is 4.89. The molecule has 1 fully saturated rings. The number of anilines is 1. The van der Waals surface area contributed by atoms with Crippen LogP contribution in [0.5, 0.6) is 0 Å². The van der Waals surface area contributed by atoms with Crippen LogP contribution in [0.25, 0.3) is 0 Å². The Balaban J connectivity index is 2.13. The van der Waals surface area contributed by atoms with Gasteiger partial charge in [-0.1, -0.05) is 32.0 Å². The van der Waals surface area contributed by atoms with Crippen molar-refractivity contribution in [1.82, 2.24) is 0 Å². The fourth-order valence-electron chi connectivity index (χ4n) is 3.65. The minimum Gasteiger partial charge on any atom is -0.349 e. The van der Waals surface area contributed by atoms with Crippen molar-refractivity contribution in [3.8, 4) is 18.2 Å². The normalized spacial score (nSPS) is 23.0. The molecule has 0 spiro atoms. The van der Waals surface area contributed by atoms with Gasteiger partial charge in [0.2, 0.25) is 0 Å². The van der Waals surface area contributed by atoms with Crippen LogP contribution in [0.4, 0.5) is 5.69 Å². The van der Waals surface area contributed by atoms with Crippen LogP contribution < -0.4 is 4.90 Å². The zero-order valence-corrected chi connectivity index (χ0v) is 13.6. The summed E-state index contributed by atoms with van der Waals surface area (Å²) in [5.74, 6) is 0. The smallest absolute Gasteiger partial charge is 0.170 e. The first-order valence-corrected chi connectivity index (χ1v) is 7.67. The lowest BCUT2D eigenvalue weighted by atomic mass is 9.77. The van der Waals surface area contributed by atoms with E-state index in [4.69, 9.17) is 15.3 Å². The van der Waals surface area contributed by atoms with Gasteiger partial charge in [0.1, 0.15) is 23.8 Å². The van der Waals surface area contributed by atoms with Gasteiger partial charge in [-0.3, -0.25) is 0 Å². The molecule has 2 aliphatic rings. The molecule has 0 saturated carbocycles. The van der Waals surface area contributed by atoms with Crippen LogP contribution in [0.1, 0.15) is 19.4 Å². The van der Waals surface area contributed by atoms with Crippen molar-refractivity contribution >= 4 is 5.69 Å². The molecule has 0 bridgehead atoms. The van der Waals surface area contributed by atoms with Gasteiger partial charge in [-0.05, 0) is 23.8 Å². The van der Waals surface area contributed by atoms with Crippen LogP contribution in [0, 0.1) is 34.0 Å². The van der Waals surface area contributed by atoms with Gasteiger partial charge in [0.05, 0.1) is 12.2 Å². The second-order valence-electron chi connectivity index (χ2n) is 6.30. The Morgan fingerprint density at radius 3 is 2.54 bits per heavy atom. The summed E-state index contributed by atoms with van der Waals surface area (Å²) in [4.78, 5) is 2.19. The van der Waals surface area contributed by atoms with Crippen molar-refractivity contribution in [3.63, 3.8) is 0 Å². The quantitative estimate of drug-likeness (QED) is 0.618. The summed E-state index contributed by atoms with van der Waals surface area (Å²) in [6.45, 7) is 5.54. The zero-order chi connectivity index (χ0) is 17.4. The fourth-order valence-corrected chi connectivity index (χ4v) is 3.65. The number of benzene rings is 1. The molecule has 3 rings (SSSR count). The number of nitrogens with zero attached hydrogens (tertiary/aromatic N) is 4. The van der Waals surface area contributed by atoms with Crippen molar-refractivity contribution in [3.05, 3.63) is 53.1 Å². The molecule has 0 amide bonds. The number of para-hydroxylation sites is 1. The van der Waals surface area contributed by atoms with E-state index in [2.05, 4.69) is 30.9 Å². The third-order valence-electron chi connectivity index (χ3n) is 4.89. The van der Waals surface area contributed by atoms with E-state index in [0.29, 0.717) is 6.61 Å². The standard InChI is InChI=1S/C19H16N4O/c1-18(2)16-5-3-4-6-17(16)23-9-10-24-19(18,23)8-7-14(11-20)15(12-21)13-22/h3-8H,9-10H2,1-2H3/b8-7+. The summed E-state index contributed by atoms with van der Waals surface area (Å²) in [6.07, 6.45) is 3.35. The number of nitriles is 3. The Morgan fingerprint density at radius 1 is 1.17 bits per heavy atom. The molecule has 1 atom stereocenters. The summed E-state index contributed by atoms with van der Waals surface area (Å²) < 4.78 is 6.15. The third kappa shape index (κ3) is 1.95. The molecule has 0 aromatic heterocycles. The lowest BCUT2D eigenvalue weighted by Gasteiger charge is -2.39. The van der Waals surface area contributed by atoms with Crippen LogP contribution in [-0.2, 0) is 10.2 Å². The van der Waals surface area contributed by atoms with E-state index >= 15 is 0 Å². The highest BCUT2D eigenvalue weighted by atomic mass is 16.5. The number of ether oxygens (including phenoxy) is 1. The minimum absolute atomic E-state index is 0.0524. The molecule has 5 heteroatoms. The van der Waals surface area contributed by atoms with Gasteiger partial charge in [-0.25, -0.2) is 0 Å². The van der Waals surface area contributed by atoms with Gasteiger partial charge in [0.15, 0.2) is 5.72 Å². The number of hydrogen-bond donors (Lipinski definition) is 0. The second-order valence-corrected chi connectivity index (χ2v) is 6.30. The average Bonchev–Trinajstić information content (AvgIpc) is 3.10. The maximum atomic E-state index is 9.26. The van der Waals surface area contributed by atoms with Crippen LogP contribution in [-0.4, -0.2) is 18.9 Å². The number of fused-ring (bicyclic) bond motifs is 3. The summed E-state index contributed by atoms with van der Waals surface area (Å²) in [6, 6.07) is 13.6. The first kappa shape index (κ1) is 15.8. The highest BCUT2D eigenvalue weighted by Crippen LogP contribution is 2.54. The van der Waals surface area contributed by atoms with E-state index in [1.807, 2.05) is 24.3 Å². The Hall–Kier alpha value is -3.07. The van der Waals surface area contributed by atoms with Crippen molar-refractivity contribution in [2.45, 2.75) is 25.0 Å². The van der Waals surface area contributed by atoms with Crippen molar-refractivity contribution in [2.24, 2.45) is 0 Å². The summed E-state index contributed by atoms with van der Waals surface area (Å²) in [7, 11) is 0. The minimum atomic E-state index is -0.727. The Bertz CT molecular complexity index is 860. The molecule has 0 N–H and O–H groups in total. The maximum absolute atomic E-state index is 9.26. The molecular weight excluding hydrogens is 300 g/mol. The molecule has 5 nitrogen and oxygen atoms in total. The SMILES string of the molecule is CC1(C)c2ccccc2N2CCOC21/C=C/C(C#N)=C(C#N)C#N. The summed E-state index contributed by atoms with van der Waals surface area (Å²) in [5, 5.41) is 27.2. The zero-order valence-electron chi connectivity index (χ0n) is 13.6. The Kier molecular flexibility index (Phi) is 3.64. The Morgan fingerprint density at radius 2 is 1.88 bits per heavy atom. The van der Waals surface area contributed by atoms with Gasteiger partial charge in [-0.15, -0.1) is 0 Å².